The number of methoxy groups -OCH3 is 1. The van der Waals surface area contributed by atoms with E-state index in [2.05, 4.69) is 25.0 Å². The normalized spacial score (nSPS) is 11.0. The summed E-state index contributed by atoms with van der Waals surface area (Å²) in [4.78, 5) is 23.6. The first kappa shape index (κ1) is 20.4. The largest absolute Gasteiger partial charge is 0.465 e. The molecule has 2 N–H and O–H groups in total. The molecule has 3 aromatic rings. The predicted octanol–water partition coefficient (Wildman–Crippen LogP) is 2.69. The molecule has 2 aromatic carbocycles. The van der Waals surface area contributed by atoms with Crippen LogP contribution in [-0.2, 0) is 14.8 Å². The fourth-order valence-corrected chi connectivity index (χ4v) is 4.19. The summed E-state index contributed by atoms with van der Waals surface area (Å²) in [6, 6.07) is 12.6. The van der Waals surface area contributed by atoms with Crippen molar-refractivity contribution in [3.63, 3.8) is 0 Å². The Morgan fingerprint density at radius 1 is 0.966 bits per heavy atom. The van der Waals surface area contributed by atoms with Gasteiger partial charge in [-0.3, -0.25) is 14.8 Å². The van der Waals surface area contributed by atoms with Gasteiger partial charge in [-0.15, -0.1) is 10.2 Å². The van der Waals surface area contributed by atoms with Crippen LogP contribution < -0.4 is 10.0 Å². The van der Waals surface area contributed by atoms with Gasteiger partial charge in [-0.05, 0) is 43.3 Å². The van der Waals surface area contributed by atoms with Crippen LogP contribution in [0.15, 0.2) is 52.9 Å². The van der Waals surface area contributed by atoms with Crippen LogP contribution in [0.1, 0.15) is 26.3 Å². The molecule has 3 rings (SSSR count). The lowest BCUT2D eigenvalue weighted by molar-refractivity contribution is 0.0600. The monoisotopic (exact) mass is 432 g/mol. The number of rotatable bonds is 6. The third-order valence-electron chi connectivity index (χ3n) is 3.73. The minimum Gasteiger partial charge on any atom is -0.465 e. The van der Waals surface area contributed by atoms with E-state index >= 15 is 0 Å². The molecular formula is C18H16N4O5S2. The number of hydrogen-bond donors (Lipinski definition) is 2. The van der Waals surface area contributed by atoms with E-state index in [1.807, 2.05) is 6.92 Å². The highest BCUT2D eigenvalue weighted by Crippen LogP contribution is 2.23. The third kappa shape index (κ3) is 4.95. The lowest BCUT2D eigenvalue weighted by Crippen LogP contribution is -2.13. The van der Waals surface area contributed by atoms with Crippen LogP contribution in [0.5, 0.6) is 0 Å². The van der Waals surface area contributed by atoms with Crippen LogP contribution in [0.2, 0.25) is 0 Å². The number of nitrogens with one attached hydrogen (secondary N) is 2. The number of aromatic nitrogens is 2. The molecule has 1 heterocycles. The molecule has 0 fully saturated rings. The van der Waals surface area contributed by atoms with Gasteiger partial charge in [-0.25, -0.2) is 4.79 Å². The number of anilines is 2. The molecule has 0 atom stereocenters. The number of nitrogens with zero attached hydrogens (tertiary/aromatic N) is 2. The topological polar surface area (TPSA) is 127 Å². The van der Waals surface area contributed by atoms with E-state index in [0.717, 1.165) is 16.9 Å². The number of hydrogen-bond acceptors (Lipinski definition) is 8. The van der Waals surface area contributed by atoms with Crippen LogP contribution in [-0.4, -0.2) is 37.6 Å². The van der Waals surface area contributed by atoms with Crippen molar-refractivity contribution in [3.05, 3.63) is 65.2 Å². The van der Waals surface area contributed by atoms with E-state index in [-0.39, 0.29) is 20.7 Å². The number of esters is 1. The number of amides is 1. The fraction of sp³-hybridized carbons (Fsp3) is 0.111. The maximum Gasteiger partial charge on any atom is 0.337 e. The van der Waals surface area contributed by atoms with Crippen molar-refractivity contribution in [2.24, 2.45) is 0 Å². The number of aryl methyl sites for hydroxylation is 1. The van der Waals surface area contributed by atoms with Gasteiger partial charge in [0, 0.05) is 11.3 Å². The smallest absolute Gasteiger partial charge is 0.337 e. The Balaban J connectivity index is 1.70. The van der Waals surface area contributed by atoms with Crippen molar-refractivity contribution < 1.29 is 22.7 Å². The Labute approximate surface area is 170 Å². The molecule has 1 aromatic heterocycles. The Kier molecular flexibility index (Phi) is 5.89. The Bertz CT molecular complexity index is 1140. The quantitative estimate of drug-likeness (QED) is 0.453. The molecule has 0 unspecified atom stereocenters. The molecule has 0 aliphatic rings. The van der Waals surface area contributed by atoms with Gasteiger partial charge in [-0.2, -0.15) is 8.42 Å². The van der Waals surface area contributed by atoms with Crippen molar-refractivity contribution >= 4 is 44.1 Å². The van der Waals surface area contributed by atoms with E-state index in [1.165, 1.54) is 31.4 Å². The first-order valence-electron chi connectivity index (χ1n) is 8.21. The van der Waals surface area contributed by atoms with Crippen molar-refractivity contribution in [3.8, 4) is 0 Å². The second-order valence-corrected chi connectivity index (χ2v) is 8.70. The van der Waals surface area contributed by atoms with Gasteiger partial charge in [0.25, 0.3) is 20.3 Å². The van der Waals surface area contributed by atoms with Gasteiger partial charge in [-0.1, -0.05) is 29.0 Å². The van der Waals surface area contributed by atoms with E-state index in [4.69, 9.17) is 0 Å². The highest BCUT2D eigenvalue weighted by molar-refractivity contribution is 7.94. The van der Waals surface area contributed by atoms with Crippen LogP contribution in [0, 0.1) is 6.92 Å². The first-order valence-corrected chi connectivity index (χ1v) is 10.5. The average Bonchev–Trinajstić information content (AvgIpc) is 3.17. The molecule has 11 heteroatoms. The lowest BCUT2D eigenvalue weighted by Gasteiger charge is -2.05. The summed E-state index contributed by atoms with van der Waals surface area (Å²) >= 11 is 0.718. The lowest BCUT2D eigenvalue weighted by atomic mass is 10.1. The van der Waals surface area contributed by atoms with E-state index < -0.39 is 21.9 Å². The molecule has 0 aliphatic carbocycles. The molecule has 0 spiro atoms. The van der Waals surface area contributed by atoms with Crippen LogP contribution in [0.25, 0.3) is 0 Å². The Hall–Kier alpha value is -3.31. The van der Waals surface area contributed by atoms with Gasteiger partial charge >= 0.3 is 5.97 Å². The molecular weight excluding hydrogens is 416 g/mol. The fourth-order valence-electron chi connectivity index (χ4n) is 2.23. The highest BCUT2D eigenvalue weighted by Gasteiger charge is 2.21. The minimum absolute atomic E-state index is 0.0528. The number of carbonyl (C=O) groups excluding carboxylic acids is 2. The standard InChI is InChI=1S/C18H16N4O5S2/c1-11-3-5-12(6-4-11)15(23)19-17-20-21-18(28-17)29(25,26)22-14-9-7-13(8-10-14)16(24)27-2/h3-10,22H,1-2H3,(H,19,20,23). The Morgan fingerprint density at radius 2 is 1.59 bits per heavy atom. The second-order valence-electron chi connectivity index (χ2n) is 5.87. The number of ether oxygens (including phenoxy) is 1. The number of benzene rings is 2. The van der Waals surface area contributed by atoms with Gasteiger partial charge in [0.1, 0.15) is 0 Å². The molecule has 0 radical (unpaired) electrons. The van der Waals surface area contributed by atoms with E-state index in [0.29, 0.717) is 5.56 Å². The number of carbonyl (C=O) groups is 2. The van der Waals surface area contributed by atoms with Crippen LogP contribution >= 0.6 is 11.3 Å². The molecule has 0 saturated heterocycles. The van der Waals surface area contributed by atoms with Crippen LogP contribution in [0.4, 0.5) is 10.8 Å². The Morgan fingerprint density at radius 3 is 2.21 bits per heavy atom. The van der Waals surface area contributed by atoms with Crippen molar-refractivity contribution in [1.82, 2.24) is 10.2 Å². The first-order chi connectivity index (χ1) is 13.8. The summed E-state index contributed by atoms with van der Waals surface area (Å²) in [5.74, 6) is -0.950. The zero-order chi connectivity index (χ0) is 21.0. The van der Waals surface area contributed by atoms with Gasteiger partial charge in [0.05, 0.1) is 12.7 Å². The van der Waals surface area contributed by atoms with E-state index in [9.17, 15) is 18.0 Å². The summed E-state index contributed by atoms with van der Waals surface area (Å²) in [6.45, 7) is 1.90. The molecule has 1 amide bonds. The number of sulfonamides is 1. The maximum absolute atomic E-state index is 12.5. The van der Waals surface area contributed by atoms with Crippen LogP contribution in [0.3, 0.4) is 0 Å². The van der Waals surface area contributed by atoms with E-state index in [1.54, 1.807) is 24.3 Å². The molecule has 0 aliphatic heterocycles. The molecule has 9 nitrogen and oxygen atoms in total. The maximum atomic E-state index is 12.5. The summed E-state index contributed by atoms with van der Waals surface area (Å²) in [5.41, 5.74) is 1.95. The summed E-state index contributed by atoms with van der Waals surface area (Å²) < 4.78 is 31.6. The molecule has 0 bridgehead atoms. The second kappa shape index (κ2) is 8.37. The molecule has 150 valence electrons. The zero-order valence-electron chi connectivity index (χ0n) is 15.4. The highest BCUT2D eigenvalue weighted by atomic mass is 32.2. The van der Waals surface area contributed by atoms with Gasteiger partial charge < -0.3 is 4.74 Å². The zero-order valence-corrected chi connectivity index (χ0v) is 17.0. The average molecular weight is 432 g/mol. The SMILES string of the molecule is COC(=O)c1ccc(NS(=O)(=O)c2nnc(NC(=O)c3ccc(C)cc3)s2)cc1. The summed E-state index contributed by atoms with van der Waals surface area (Å²) in [5, 5.41) is 9.92. The molecule has 0 saturated carbocycles. The minimum atomic E-state index is -4.01. The predicted molar refractivity (Wildman–Crippen MR) is 108 cm³/mol. The molecule has 29 heavy (non-hydrogen) atoms. The van der Waals surface area contributed by atoms with Crippen molar-refractivity contribution in [2.45, 2.75) is 11.3 Å². The summed E-state index contributed by atoms with van der Waals surface area (Å²) in [6.07, 6.45) is 0. The van der Waals surface area contributed by atoms with Crippen molar-refractivity contribution in [1.29, 1.82) is 0 Å². The third-order valence-corrected chi connectivity index (χ3v) is 6.32. The van der Waals surface area contributed by atoms with Crippen molar-refractivity contribution in [2.75, 3.05) is 17.1 Å². The van der Waals surface area contributed by atoms with Gasteiger partial charge in [0.2, 0.25) is 5.13 Å². The summed E-state index contributed by atoms with van der Waals surface area (Å²) in [7, 11) is -2.76. The van der Waals surface area contributed by atoms with Gasteiger partial charge in [0.15, 0.2) is 0 Å².